The van der Waals surface area contributed by atoms with Gasteiger partial charge in [-0.05, 0) is 424 Å². The maximum absolute atomic E-state index is 11.4. The van der Waals surface area contributed by atoms with E-state index in [0.29, 0.717) is 52.9 Å². The van der Waals surface area contributed by atoms with Crippen LogP contribution in [0, 0.1) is 142 Å². The van der Waals surface area contributed by atoms with Gasteiger partial charge in [0.2, 0.25) is 0 Å². The van der Waals surface area contributed by atoms with Gasteiger partial charge in [-0.1, -0.05) is 353 Å². The van der Waals surface area contributed by atoms with Crippen LogP contribution in [0.25, 0.3) is 0 Å². The summed E-state index contributed by atoms with van der Waals surface area (Å²) in [5.74, 6) is 18.6. The second kappa shape index (κ2) is 72.1. The zero-order chi connectivity index (χ0) is 106. The van der Waals surface area contributed by atoms with Gasteiger partial charge in [-0.15, -0.1) is 6.58 Å². The van der Waals surface area contributed by atoms with E-state index in [1.165, 1.54) is 295 Å². The topological polar surface area (TPSA) is 135 Å². The molecular weight excluding hydrogens is 1850 g/mol. The fourth-order valence-electron chi connectivity index (χ4n) is 25.9. The van der Waals surface area contributed by atoms with E-state index in [2.05, 4.69) is 302 Å². The van der Waals surface area contributed by atoms with Crippen molar-refractivity contribution in [1.82, 2.24) is 0 Å². The molecule has 147 heavy (non-hydrogen) atoms. The van der Waals surface area contributed by atoms with E-state index in [-0.39, 0.29) is 31.2 Å². The smallest absolute Gasteiger partial charge is 0.309 e. The van der Waals surface area contributed by atoms with Gasteiger partial charge in [0.1, 0.15) is 6.61 Å². The zero-order valence-corrected chi connectivity index (χ0v) is 100. The molecule has 1 saturated heterocycles. The lowest BCUT2D eigenvalue weighted by Gasteiger charge is -2.35. The Morgan fingerprint density at radius 3 is 1.24 bits per heavy atom. The largest absolute Gasteiger partial charge is 0.463 e. The van der Waals surface area contributed by atoms with Crippen molar-refractivity contribution < 1.29 is 42.9 Å². The number of aliphatic hydroxyl groups excluding tert-OH is 3. The Bertz CT molecular complexity index is 3980. The van der Waals surface area contributed by atoms with Crippen molar-refractivity contribution in [3.8, 4) is 0 Å². The summed E-state index contributed by atoms with van der Waals surface area (Å²) in [6, 6.07) is 0. The Kier molecular flexibility index (Phi) is 62.5. The number of allylic oxidation sites excluding steroid dienone is 31. The molecule has 0 aromatic rings. The molecule has 9 fully saturated rings. The lowest BCUT2D eigenvalue weighted by molar-refractivity contribution is -0.150. The molecule has 1 heterocycles. The van der Waals surface area contributed by atoms with Gasteiger partial charge in [-0.25, -0.2) is 0 Å². The maximum atomic E-state index is 11.4. The molecule has 9 nitrogen and oxygen atoms in total. The predicted octanol–water partition coefficient (Wildman–Crippen LogP) is 37.6. The van der Waals surface area contributed by atoms with Crippen LogP contribution in [-0.4, -0.2) is 98.0 Å². The van der Waals surface area contributed by atoms with E-state index < -0.39 is 25.3 Å². The maximum Gasteiger partial charge on any atom is 0.309 e. The molecule has 3 N–H and O–H groups in total. The number of esters is 1. The van der Waals surface area contributed by atoms with Gasteiger partial charge in [0.15, 0.2) is 16.6 Å². The molecule has 21 rings (SSSR count). The summed E-state index contributed by atoms with van der Waals surface area (Å²) in [6.07, 6.45) is 146. The van der Waals surface area contributed by atoms with Gasteiger partial charge >= 0.3 is 5.97 Å². The molecule has 0 aromatic carbocycles. The first kappa shape index (κ1) is 127. The number of rotatable bonds is 21. The summed E-state index contributed by atoms with van der Waals surface area (Å²) < 4.78 is 31.6. The standard InChI is InChI=1S/C14H30OSi.C13H22.C12H22.C12H18.C11H18.C10H14O3.C10H14O.C10H12.C9H12.C8H18OSi.2C8H12O.C8H14.C2H6OSi/c1-13(2,3)11-9-10-12-15-16(7,8)14(4,5)6;1-2-3-4-5-6-12-9-11-7-8-13(12)10-11;2*1-2-4-6-8-10-12-11-9-7-5-3-1;1-2-3-4-10-7-9-5-6-11(10)8-9;11-3-4-13-10(12)9-6-7-1-2-8(9)5-7;11-10-5-6-4-9(10)8-3-1-2-7(6)8;1-2-9-7-4-5-8(6-7)10(9)3-1;1-2-8-5-7-3-4-9(8)6-7;1-5-6-7-8-9-10(2,3)4;9-5-8-4-6-1-2-7(8)3-6;1-2-4-6-8-7(9-8)5-3-1;1-2-4-6-8-7-5-3-1;1-4(2)3/h9-10H,11-12H2,1-8H3;7-8,11-13H,2-6,9-10H2,1H3;1-2H,3-12H2;1-2,7-10H,3-6,11-12H2;5-6,9-11H,2-4,7-8H2,1H3;1-2,7-9,11H,3-6H2;1,3,6-11H,2,4-5H2;1-2,4-5,7-10H,3,6H2;2-4,7-9H,1,5-6H2;6-7H,5,8H2,1-4H3;1-2,6-9H,3-5H2;1-2,7-8H,3-6H2;1-2H,3-8H2;1-2H3/b10-9-;;;2-1+,9-7+,10-8?;;;;;;7-6-;;;;. The first-order valence-electron chi connectivity index (χ1n) is 61.7. The highest BCUT2D eigenvalue weighted by atomic mass is 28.4. The van der Waals surface area contributed by atoms with E-state index in [9.17, 15) is 14.4 Å². The molecule has 26 atom stereocenters. The van der Waals surface area contributed by atoms with Crippen LogP contribution in [0.15, 0.2) is 207 Å². The van der Waals surface area contributed by atoms with Crippen molar-refractivity contribution in [1.29, 1.82) is 0 Å². The molecule has 21 aliphatic rings. The summed E-state index contributed by atoms with van der Waals surface area (Å²) in [7, 11) is -3.94. The average molecular weight is 2080 g/mol. The fourth-order valence-corrected chi connectivity index (χ4v) is 27.5. The highest BCUT2D eigenvalue weighted by Gasteiger charge is 2.52. The number of epoxide rings is 1. The summed E-state index contributed by atoms with van der Waals surface area (Å²) in [5, 5.41) is 27.3. The van der Waals surface area contributed by atoms with E-state index in [0.717, 1.165) is 152 Å². The molecular formula is C135H224O9Si3. The number of hydrogen-bond donors (Lipinski definition) is 3. The van der Waals surface area contributed by atoms with Gasteiger partial charge in [-0.3, -0.25) is 4.79 Å². The van der Waals surface area contributed by atoms with E-state index >= 15 is 0 Å². The second-order valence-electron chi connectivity index (χ2n) is 51.3. The minimum Gasteiger partial charge on any atom is -0.463 e. The number of ether oxygens (including phenoxy) is 2. The Balaban J connectivity index is 0.000000194. The van der Waals surface area contributed by atoms with Crippen molar-refractivity contribution in [3.05, 3.63) is 207 Å². The quantitative estimate of drug-likeness (QED) is 0.0337. The van der Waals surface area contributed by atoms with E-state index in [4.69, 9.17) is 28.5 Å². The third kappa shape index (κ3) is 50.8. The lowest BCUT2D eigenvalue weighted by atomic mass is 9.80. The monoisotopic (exact) mass is 2070 g/mol. The van der Waals surface area contributed by atoms with Crippen molar-refractivity contribution >= 4 is 31.3 Å². The van der Waals surface area contributed by atoms with Gasteiger partial charge < -0.3 is 38.1 Å². The average Bonchev–Trinajstić information content (AvgIpc) is 1.60. The van der Waals surface area contributed by atoms with Gasteiger partial charge in [-0.2, -0.15) is 0 Å². The zero-order valence-electron chi connectivity index (χ0n) is 97.2. The predicted molar refractivity (Wildman–Crippen MR) is 639 cm³/mol. The Morgan fingerprint density at radius 2 is 0.837 bits per heavy atom. The third-order valence-electron chi connectivity index (χ3n) is 35.5. The van der Waals surface area contributed by atoms with Crippen molar-refractivity contribution in [2.45, 2.75) is 459 Å². The SMILES string of the molecule is C1=CC2C3C=CC(C3)C2C1.C1=CCC/C=C/CC/C=C/CC1.C1=CCCC2OC2CC1.C1=CCCCCCC1.C1=CCCCCCCCCCC1.C=CC1CC2C=CC1C2.CC(C)(C)C/C=C\CO[Si](C)(C)C(C)(C)C.CC/C=C\CO[Si](C)(C)C.CCCCC1CC2C=CC1C2.CCCCCCC1CC2C=CC1C2.C[Si](C)=O.O=C(OCCO)C1CC2C=CC1C2.OC1CC2CC1C1C=CCC21.OCC1CC2C=CC1C2. The van der Waals surface area contributed by atoms with Crippen LogP contribution in [0.4, 0.5) is 0 Å². The van der Waals surface area contributed by atoms with Crippen LogP contribution >= 0.6 is 0 Å². The highest BCUT2D eigenvalue weighted by molar-refractivity contribution is 6.74. The molecule has 830 valence electrons. The minimum atomic E-state index is -1.55. The van der Waals surface area contributed by atoms with Crippen LogP contribution in [0.5, 0.6) is 0 Å². The number of aliphatic hydroxyl groups is 3. The lowest BCUT2D eigenvalue weighted by Crippen LogP contribution is -2.40. The van der Waals surface area contributed by atoms with Crippen LogP contribution in [0.3, 0.4) is 0 Å². The van der Waals surface area contributed by atoms with Crippen LogP contribution in [0.1, 0.15) is 390 Å². The second-order valence-corrected chi connectivity index (χ2v) is 62.5. The Morgan fingerprint density at radius 1 is 0.415 bits per heavy atom. The van der Waals surface area contributed by atoms with Crippen molar-refractivity contribution in [2.24, 2.45) is 142 Å². The van der Waals surface area contributed by atoms with Gasteiger partial charge in [0.05, 0.1) is 44.1 Å². The first-order valence-corrected chi connectivity index (χ1v) is 70.4. The molecule has 26 unspecified atom stereocenters. The minimum absolute atomic E-state index is 0.0315. The first-order chi connectivity index (χ1) is 70.9. The van der Waals surface area contributed by atoms with Crippen molar-refractivity contribution in [3.63, 3.8) is 0 Å². The number of carbonyl (C=O) groups is 1. The molecule has 12 heteroatoms. The molecule has 0 spiro atoms. The molecule has 8 saturated carbocycles. The molecule has 20 aliphatic carbocycles. The third-order valence-corrected chi connectivity index (χ3v) is 41.0. The Labute approximate surface area is 908 Å². The molecule has 0 aromatic heterocycles. The summed E-state index contributed by atoms with van der Waals surface area (Å²) in [4.78, 5) is 11.4. The van der Waals surface area contributed by atoms with Crippen molar-refractivity contribution in [2.75, 3.05) is 33.0 Å². The number of carbonyl (C=O) groups excluding carboxylic acids is 1. The summed E-state index contributed by atoms with van der Waals surface area (Å²) in [5.41, 5.74) is 0.382. The Hall–Kier alpha value is -4.74. The van der Waals surface area contributed by atoms with Crippen LogP contribution < -0.4 is 0 Å². The van der Waals surface area contributed by atoms with Crippen LogP contribution in [-0.2, 0) is 27.6 Å². The molecule has 0 radical (unpaired) electrons. The molecule has 0 amide bonds. The number of unbranched alkanes of at least 4 members (excludes halogenated alkanes) is 4. The molecule has 14 bridgehead atoms. The van der Waals surface area contributed by atoms with Crippen LogP contribution in [0.2, 0.25) is 50.9 Å². The summed E-state index contributed by atoms with van der Waals surface area (Å²) in [6.45, 7) is 40.8. The number of fused-ring (bicyclic) bond motifs is 21. The normalized spacial score (nSPS) is 33.4. The van der Waals surface area contributed by atoms with Gasteiger partial charge in [0, 0.05) is 6.61 Å². The number of hydrogen-bond acceptors (Lipinski definition) is 9. The van der Waals surface area contributed by atoms with E-state index in [1.54, 1.807) is 13.1 Å². The molecule has 1 aliphatic heterocycles. The summed E-state index contributed by atoms with van der Waals surface area (Å²) >= 11 is 0. The highest BCUT2D eigenvalue weighted by Crippen LogP contribution is 2.57. The van der Waals surface area contributed by atoms with Gasteiger partial charge in [0.25, 0.3) is 8.68 Å². The van der Waals surface area contributed by atoms with E-state index in [1.807, 2.05) is 0 Å². The fraction of sp³-hybridized carbons (Fsp3) is 0.741.